The predicted molar refractivity (Wildman–Crippen MR) is 75.2 cm³/mol. The van der Waals surface area contributed by atoms with Crippen LogP contribution in [0.5, 0.6) is 0 Å². The first kappa shape index (κ1) is 12.3. The van der Waals surface area contributed by atoms with Crippen LogP contribution >= 0.6 is 11.6 Å². The fourth-order valence-corrected chi connectivity index (χ4v) is 2.37. The number of halogens is 1. The van der Waals surface area contributed by atoms with Gasteiger partial charge < -0.3 is 10.2 Å². The molecule has 0 saturated heterocycles. The summed E-state index contributed by atoms with van der Waals surface area (Å²) in [6.07, 6.45) is 1.82. The molecule has 0 aliphatic rings. The number of hydrogen-bond donors (Lipinski definition) is 1. The second kappa shape index (κ2) is 4.72. The van der Waals surface area contributed by atoms with Gasteiger partial charge in [0.05, 0.1) is 23.8 Å². The van der Waals surface area contributed by atoms with E-state index in [1.54, 1.807) is 0 Å². The zero-order valence-electron chi connectivity index (χ0n) is 10.6. The van der Waals surface area contributed by atoms with Crippen LogP contribution in [0.2, 0.25) is 5.02 Å². The number of aromatic nitrogens is 2. The first-order chi connectivity index (χ1) is 9.19. The molecule has 98 valence electrons. The molecule has 0 radical (unpaired) electrons. The number of furan rings is 1. The quantitative estimate of drug-likeness (QED) is 0.799. The van der Waals surface area contributed by atoms with Crippen LogP contribution in [-0.4, -0.2) is 9.78 Å². The monoisotopic (exact) mass is 275 g/mol. The van der Waals surface area contributed by atoms with Crippen LogP contribution in [0.1, 0.15) is 17.0 Å². The van der Waals surface area contributed by atoms with Gasteiger partial charge in [-0.25, -0.2) is 0 Å². The van der Waals surface area contributed by atoms with Crippen LogP contribution in [0.15, 0.2) is 34.9 Å². The van der Waals surface area contributed by atoms with Crippen molar-refractivity contribution in [1.29, 1.82) is 0 Å². The van der Waals surface area contributed by atoms with Crippen LogP contribution in [0.4, 0.5) is 0 Å². The van der Waals surface area contributed by atoms with Crippen molar-refractivity contribution in [2.24, 2.45) is 5.73 Å². The summed E-state index contributed by atoms with van der Waals surface area (Å²) in [4.78, 5) is 0. The largest absolute Gasteiger partial charge is 0.459 e. The van der Waals surface area contributed by atoms with Gasteiger partial charge in [0.2, 0.25) is 0 Å². The standard InChI is InChI=1S/C14H14ClN3O/c1-9-12(15)8-18(17-9)7-11-10-4-2-3-5-13(10)19-14(11)6-16/h2-5,8H,6-7,16H2,1H3. The average molecular weight is 276 g/mol. The molecule has 4 nitrogen and oxygen atoms in total. The van der Waals surface area contributed by atoms with Crippen molar-refractivity contribution in [3.8, 4) is 0 Å². The molecule has 0 saturated carbocycles. The summed E-state index contributed by atoms with van der Waals surface area (Å²) in [6, 6.07) is 7.92. The highest BCUT2D eigenvalue weighted by Crippen LogP contribution is 2.26. The van der Waals surface area contributed by atoms with E-state index in [0.29, 0.717) is 18.1 Å². The van der Waals surface area contributed by atoms with Crippen molar-refractivity contribution in [2.45, 2.75) is 20.0 Å². The highest BCUT2D eigenvalue weighted by Gasteiger charge is 2.14. The zero-order chi connectivity index (χ0) is 13.4. The van der Waals surface area contributed by atoms with Crippen molar-refractivity contribution >= 4 is 22.6 Å². The first-order valence-corrected chi connectivity index (χ1v) is 6.45. The minimum Gasteiger partial charge on any atom is -0.459 e. The molecular weight excluding hydrogens is 262 g/mol. The van der Waals surface area contributed by atoms with Gasteiger partial charge in [-0.3, -0.25) is 4.68 Å². The lowest BCUT2D eigenvalue weighted by Crippen LogP contribution is -2.05. The first-order valence-electron chi connectivity index (χ1n) is 6.08. The third-order valence-electron chi connectivity index (χ3n) is 3.17. The van der Waals surface area contributed by atoms with Gasteiger partial charge in [0.15, 0.2) is 0 Å². The molecular formula is C14H14ClN3O. The van der Waals surface area contributed by atoms with Gasteiger partial charge in [0.1, 0.15) is 11.3 Å². The third-order valence-corrected chi connectivity index (χ3v) is 3.54. The molecule has 3 rings (SSSR count). The third kappa shape index (κ3) is 2.13. The Kier molecular flexibility index (Phi) is 3.05. The lowest BCUT2D eigenvalue weighted by Gasteiger charge is -2.02. The molecule has 5 heteroatoms. The van der Waals surface area contributed by atoms with E-state index in [1.807, 2.05) is 42.1 Å². The fourth-order valence-electron chi connectivity index (χ4n) is 2.22. The highest BCUT2D eigenvalue weighted by atomic mass is 35.5. The number of rotatable bonds is 3. The Bertz CT molecular complexity index is 710. The molecule has 0 bridgehead atoms. The second-order valence-corrected chi connectivity index (χ2v) is 4.87. The summed E-state index contributed by atoms with van der Waals surface area (Å²) in [5, 5.41) is 6.11. The average Bonchev–Trinajstić information content (AvgIpc) is 2.92. The summed E-state index contributed by atoms with van der Waals surface area (Å²) in [5.74, 6) is 0.797. The molecule has 0 aliphatic heterocycles. The predicted octanol–water partition coefficient (Wildman–Crippen LogP) is 3.10. The maximum absolute atomic E-state index is 6.03. The lowest BCUT2D eigenvalue weighted by molar-refractivity contribution is 0.538. The number of para-hydroxylation sites is 1. The molecule has 19 heavy (non-hydrogen) atoms. The van der Waals surface area contributed by atoms with Gasteiger partial charge in [0.25, 0.3) is 0 Å². The Balaban J connectivity index is 2.08. The molecule has 2 N–H and O–H groups in total. The SMILES string of the molecule is Cc1nn(Cc2c(CN)oc3ccccc23)cc1Cl. The van der Waals surface area contributed by atoms with Crippen molar-refractivity contribution < 1.29 is 4.42 Å². The van der Waals surface area contributed by atoms with Gasteiger partial charge in [-0.15, -0.1) is 0 Å². The van der Waals surface area contributed by atoms with E-state index < -0.39 is 0 Å². The summed E-state index contributed by atoms with van der Waals surface area (Å²) in [7, 11) is 0. The van der Waals surface area contributed by atoms with Gasteiger partial charge in [-0.05, 0) is 13.0 Å². The summed E-state index contributed by atoms with van der Waals surface area (Å²) in [6.45, 7) is 2.87. The van der Waals surface area contributed by atoms with E-state index in [2.05, 4.69) is 5.10 Å². The molecule has 0 atom stereocenters. The van der Waals surface area contributed by atoms with E-state index in [0.717, 1.165) is 28.0 Å². The Morgan fingerprint density at radius 2 is 2.16 bits per heavy atom. The topological polar surface area (TPSA) is 57.0 Å². The fraction of sp³-hybridized carbons (Fsp3) is 0.214. The van der Waals surface area contributed by atoms with Gasteiger partial charge in [-0.1, -0.05) is 29.8 Å². The van der Waals surface area contributed by atoms with Crippen LogP contribution in [0, 0.1) is 6.92 Å². The van der Waals surface area contributed by atoms with Crippen molar-refractivity contribution in [1.82, 2.24) is 9.78 Å². The van der Waals surface area contributed by atoms with E-state index in [4.69, 9.17) is 21.8 Å². The summed E-state index contributed by atoms with van der Waals surface area (Å²) >= 11 is 6.03. The maximum Gasteiger partial charge on any atom is 0.134 e. The summed E-state index contributed by atoms with van der Waals surface area (Å²) in [5.41, 5.74) is 8.50. The Morgan fingerprint density at radius 3 is 2.84 bits per heavy atom. The van der Waals surface area contributed by atoms with Crippen molar-refractivity contribution in [2.75, 3.05) is 0 Å². The summed E-state index contributed by atoms with van der Waals surface area (Å²) < 4.78 is 7.57. The molecule has 2 heterocycles. The maximum atomic E-state index is 6.03. The molecule has 0 aliphatic carbocycles. The number of benzene rings is 1. The minimum absolute atomic E-state index is 0.373. The highest BCUT2D eigenvalue weighted by molar-refractivity contribution is 6.31. The van der Waals surface area contributed by atoms with E-state index in [-0.39, 0.29) is 0 Å². The van der Waals surface area contributed by atoms with Crippen LogP contribution in [0.25, 0.3) is 11.0 Å². The number of nitrogens with two attached hydrogens (primary N) is 1. The Morgan fingerprint density at radius 1 is 1.37 bits per heavy atom. The minimum atomic E-state index is 0.373. The van der Waals surface area contributed by atoms with Crippen LogP contribution in [-0.2, 0) is 13.1 Å². The van der Waals surface area contributed by atoms with E-state index in [1.165, 1.54) is 0 Å². The van der Waals surface area contributed by atoms with Crippen LogP contribution in [0.3, 0.4) is 0 Å². The van der Waals surface area contributed by atoms with Gasteiger partial charge >= 0.3 is 0 Å². The van der Waals surface area contributed by atoms with Gasteiger partial charge in [-0.2, -0.15) is 5.10 Å². The van der Waals surface area contributed by atoms with Gasteiger partial charge in [0, 0.05) is 17.1 Å². The molecule has 1 aromatic carbocycles. The smallest absolute Gasteiger partial charge is 0.134 e. The molecule has 0 spiro atoms. The molecule has 0 unspecified atom stereocenters. The Hall–Kier alpha value is -1.78. The van der Waals surface area contributed by atoms with E-state index in [9.17, 15) is 0 Å². The molecule has 0 fully saturated rings. The lowest BCUT2D eigenvalue weighted by atomic mass is 10.1. The molecule has 2 aromatic heterocycles. The normalized spacial score (nSPS) is 11.3. The van der Waals surface area contributed by atoms with Crippen molar-refractivity contribution in [3.63, 3.8) is 0 Å². The van der Waals surface area contributed by atoms with Crippen molar-refractivity contribution in [3.05, 3.63) is 52.5 Å². The second-order valence-electron chi connectivity index (χ2n) is 4.46. The number of nitrogens with zero attached hydrogens (tertiary/aromatic N) is 2. The number of hydrogen-bond acceptors (Lipinski definition) is 3. The zero-order valence-corrected chi connectivity index (χ0v) is 11.3. The molecule has 3 aromatic rings. The molecule has 0 amide bonds. The van der Waals surface area contributed by atoms with Crippen LogP contribution < -0.4 is 5.73 Å². The van der Waals surface area contributed by atoms with E-state index >= 15 is 0 Å². The Labute approximate surface area is 115 Å². The number of fused-ring (bicyclic) bond motifs is 1. The number of aryl methyl sites for hydroxylation is 1.